The molecule has 0 saturated carbocycles. The molecule has 0 aliphatic heterocycles. The van der Waals surface area contributed by atoms with Gasteiger partial charge in [-0.15, -0.1) is 0 Å². The summed E-state index contributed by atoms with van der Waals surface area (Å²) in [5, 5.41) is 2.65. The van der Waals surface area contributed by atoms with E-state index in [1.54, 1.807) is 7.05 Å². The lowest BCUT2D eigenvalue weighted by molar-refractivity contribution is -0.120. The molecule has 0 saturated heterocycles. The van der Waals surface area contributed by atoms with E-state index >= 15 is 0 Å². The van der Waals surface area contributed by atoms with Crippen molar-refractivity contribution in [1.29, 1.82) is 0 Å². The average Bonchev–Trinajstić information content (AvgIpc) is 2.38. The van der Waals surface area contributed by atoms with E-state index in [9.17, 15) is 4.79 Å². The number of amides is 1. The molecule has 0 spiro atoms. The maximum Gasteiger partial charge on any atom is 0.221 e. The van der Waals surface area contributed by atoms with Gasteiger partial charge in [0, 0.05) is 26.1 Å². The second-order valence-electron chi connectivity index (χ2n) is 4.94. The van der Waals surface area contributed by atoms with E-state index in [1.165, 1.54) is 11.1 Å². The molecule has 0 heterocycles. The summed E-state index contributed by atoms with van der Waals surface area (Å²) in [6.07, 6.45) is 1.58. The average molecular weight is 248 g/mol. The van der Waals surface area contributed by atoms with E-state index < -0.39 is 0 Å². The number of hydrogen-bond donors (Lipinski definition) is 1. The van der Waals surface area contributed by atoms with Crippen molar-refractivity contribution in [2.45, 2.75) is 32.7 Å². The second kappa shape index (κ2) is 7.17. The summed E-state index contributed by atoms with van der Waals surface area (Å²) < 4.78 is 0. The zero-order chi connectivity index (χ0) is 13.5. The van der Waals surface area contributed by atoms with Gasteiger partial charge in [0.1, 0.15) is 0 Å². The Morgan fingerprint density at radius 1 is 1.33 bits per heavy atom. The van der Waals surface area contributed by atoms with Crippen LogP contribution in [-0.2, 0) is 11.2 Å². The number of likely N-dealkylation sites (N-methyl/N-ethyl adjacent to an activating group) is 1. The first-order valence-electron chi connectivity index (χ1n) is 6.49. The van der Waals surface area contributed by atoms with Gasteiger partial charge in [0.25, 0.3) is 0 Å². The van der Waals surface area contributed by atoms with E-state index in [4.69, 9.17) is 0 Å². The minimum absolute atomic E-state index is 0.101. The molecular formula is C15H24N2O. The summed E-state index contributed by atoms with van der Waals surface area (Å²) in [7, 11) is 3.75. The maximum absolute atomic E-state index is 11.2. The Kier molecular flexibility index (Phi) is 5.86. The molecule has 0 radical (unpaired) electrons. The van der Waals surface area contributed by atoms with E-state index in [1.807, 2.05) is 0 Å². The number of carbonyl (C=O) groups excluding carboxylic acids is 1. The van der Waals surface area contributed by atoms with Gasteiger partial charge >= 0.3 is 0 Å². The van der Waals surface area contributed by atoms with Crippen LogP contribution in [0.15, 0.2) is 24.3 Å². The highest BCUT2D eigenvalue weighted by Gasteiger charge is 2.11. The van der Waals surface area contributed by atoms with Crippen LogP contribution in [0.3, 0.4) is 0 Å². The number of aryl methyl sites for hydroxylation is 1. The van der Waals surface area contributed by atoms with Crippen LogP contribution in [0, 0.1) is 6.92 Å². The summed E-state index contributed by atoms with van der Waals surface area (Å²) in [4.78, 5) is 13.4. The van der Waals surface area contributed by atoms with Crippen LogP contribution in [-0.4, -0.2) is 37.5 Å². The van der Waals surface area contributed by atoms with Crippen LogP contribution in [0.25, 0.3) is 0 Å². The summed E-state index contributed by atoms with van der Waals surface area (Å²) in [5.74, 6) is 0.101. The molecule has 3 nitrogen and oxygen atoms in total. The monoisotopic (exact) mass is 248 g/mol. The van der Waals surface area contributed by atoms with Gasteiger partial charge in [-0.25, -0.2) is 0 Å². The fourth-order valence-corrected chi connectivity index (χ4v) is 1.84. The molecule has 1 atom stereocenters. The van der Waals surface area contributed by atoms with E-state index in [-0.39, 0.29) is 5.91 Å². The topological polar surface area (TPSA) is 32.3 Å². The number of carbonyl (C=O) groups is 1. The molecule has 100 valence electrons. The van der Waals surface area contributed by atoms with Crippen LogP contribution in [0.1, 0.15) is 24.5 Å². The molecule has 0 aromatic heterocycles. The van der Waals surface area contributed by atoms with Gasteiger partial charge in [-0.05, 0) is 32.9 Å². The Morgan fingerprint density at radius 2 is 1.94 bits per heavy atom. The molecule has 1 unspecified atom stereocenters. The maximum atomic E-state index is 11.2. The Bertz CT molecular complexity index is 373. The Balaban J connectivity index is 2.41. The first-order chi connectivity index (χ1) is 8.52. The van der Waals surface area contributed by atoms with E-state index in [0.717, 1.165) is 13.0 Å². The third-order valence-corrected chi connectivity index (χ3v) is 3.37. The number of benzene rings is 1. The van der Waals surface area contributed by atoms with Crippen molar-refractivity contribution >= 4 is 5.91 Å². The minimum atomic E-state index is 0.101. The van der Waals surface area contributed by atoms with Gasteiger partial charge in [-0.1, -0.05) is 29.8 Å². The number of rotatable bonds is 6. The van der Waals surface area contributed by atoms with Gasteiger partial charge in [0.15, 0.2) is 0 Å². The Labute approximate surface area is 110 Å². The Hall–Kier alpha value is -1.35. The Morgan fingerprint density at radius 3 is 2.50 bits per heavy atom. The van der Waals surface area contributed by atoms with Gasteiger partial charge in [-0.3, -0.25) is 4.79 Å². The fraction of sp³-hybridized carbons (Fsp3) is 0.533. The van der Waals surface area contributed by atoms with Crippen molar-refractivity contribution in [1.82, 2.24) is 10.2 Å². The molecule has 1 aromatic rings. The van der Waals surface area contributed by atoms with Crippen molar-refractivity contribution in [3.8, 4) is 0 Å². The largest absolute Gasteiger partial charge is 0.359 e. The molecule has 18 heavy (non-hydrogen) atoms. The van der Waals surface area contributed by atoms with Crippen molar-refractivity contribution in [2.75, 3.05) is 20.6 Å². The quantitative estimate of drug-likeness (QED) is 0.835. The second-order valence-corrected chi connectivity index (χ2v) is 4.94. The molecule has 1 rings (SSSR count). The van der Waals surface area contributed by atoms with E-state index in [2.05, 4.69) is 55.4 Å². The normalized spacial score (nSPS) is 12.5. The SMILES string of the molecule is CNC(=O)CCN(C)C(C)Cc1ccc(C)cc1. The summed E-state index contributed by atoms with van der Waals surface area (Å²) in [5.41, 5.74) is 2.64. The first-order valence-corrected chi connectivity index (χ1v) is 6.49. The van der Waals surface area contributed by atoms with Crippen LogP contribution >= 0.6 is 0 Å². The smallest absolute Gasteiger partial charge is 0.221 e. The molecule has 0 aliphatic rings. The highest BCUT2D eigenvalue weighted by Crippen LogP contribution is 2.09. The van der Waals surface area contributed by atoms with Gasteiger partial charge in [0.05, 0.1) is 0 Å². The summed E-state index contributed by atoms with van der Waals surface area (Å²) in [6.45, 7) is 5.10. The number of hydrogen-bond acceptors (Lipinski definition) is 2. The predicted octanol–water partition coefficient (Wildman–Crippen LogP) is 1.99. The third-order valence-electron chi connectivity index (χ3n) is 3.37. The molecule has 0 bridgehead atoms. The summed E-state index contributed by atoms with van der Waals surface area (Å²) in [6, 6.07) is 9.09. The molecule has 1 aromatic carbocycles. The molecule has 0 aliphatic carbocycles. The highest BCUT2D eigenvalue weighted by molar-refractivity contribution is 5.75. The van der Waals surface area contributed by atoms with Crippen LogP contribution < -0.4 is 5.32 Å². The zero-order valence-corrected chi connectivity index (χ0v) is 11.9. The van der Waals surface area contributed by atoms with Crippen LogP contribution in [0.4, 0.5) is 0 Å². The third kappa shape index (κ3) is 4.88. The standard InChI is InChI=1S/C15H24N2O/c1-12-5-7-14(8-6-12)11-13(2)17(4)10-9-15(18)16-3/h5-8,13H,9-11H2,1-4H3,(H,16,18). The van der Waals surface area contributed by atoms with Crippen molar-refractivity contribution in [2.24, 2.45) is 0 Å². The summed E-state index contributed by atoms with van der Waals surface area (Å²) >= 11 is 0. The molecule has 0 fully saturated rings. The first kappa shape index (κ1) is 14.7. The van der Waals surface area contributed by atoms with Gasteiger partial charge < -0.3 is 10.2 Å². The van der Waals surface area contributed by atoms with Crippen LogP contribution in [0.2, 0.25) is 0 Å². The lowest BCUT2D eigenvalue weighted by Gasteiger charge is -2.24. The highest BCUT2D eigenvalue weighted by atomic mass is 16.1. The van der Waals surface area contributed by atoms with E-state index in [0.29, 0.717) is 12.5 Å². The lowest BCUT2D eigenvalue weighted by Crippen LogP contribution is -2.34. The predicted molar refractivity (Wildman–Crippen MR) is 75.7 cm³/mol. The van der Waals surface area contributed by atoms with Gasteiger partial charge in [0.2, 0.25) is 5.91 Å². The lowest BCUT2D eigenvalue weighted by atomic mass is 10.0. The van der Waals surface area contributed by atoms with Crippen molar-refractivity contribution in [3.63, 3.8) is 0 Å². The molecular weight excluding hydrogens is 224 g/mol. The zero-order valence-electron chi connectivity index (χ0n) is 11.9. The van der Waals surface area contributed by atoms with Crippen LogP contribution in [0.5, 0.6) is 0 Å². The number of nitrogens with zero attached hydrogens (tertiary/aromatic N) is 1. The van der Waals surface area contributed by atoms with Gasteiger partial charge in [-0.2, -0.15) is 0 Å². The van der Waals surface area contributed by atoms with Crippen molar-refractivity contribution < 1.29 is 4.79 Å². The molecule has 1 N–H and O–H groups in total. The molecule has 1 amide bonds. The number of nitrogens with one attached hydrogen (secondary N) is 1. The fourth-order valence-electron chi connectivity index (χ4n) is 1.84. The minimum Gasteiger partial charge on any atom is -0.359 e. The van der Waals surface area contributed by atoms with Crippen molar-refractivity contribution in [3.05, 3.63) is 35.4 Å². The molecule has 3 heteroatoms.